The van der Waals surface area contributed by atoms with Crippen LogP contribution in [0.1, 0.15) is 15.2 Å². The van der Waals surface area contributed by atoms with Crippen molar-refractivity contribution in [3.63, 3.8) is 0 Å². The number of benzene rings is 2. The number of hydrogen-bond donors (Lipinski definition) is 1. The molecule has 1 aromatic heterocycles. The highest BCUT2D eigenvalue weighted by Gasteiger charge is 2.20. The van der Waals surface area contributed by atoms with Crippen LogP contribution in [0.15, 0.2) is 53.9 Å². The van der Waals surface area contributed by atoms with Crippen molar-refractivity contribution in [3.8, 4) is 23.0 Å². The predicted octanol–water partition coefficient (Wildman–Crippen LogP) is 4.19. The Kier molecular flexibility index (Phi) is 8.54. The van der Waals surface area contributed by atoms with E-state index in [1.165, 1.54) is 37.7 Å². The van der Waals surface area contributed by atoms with Gasteiger partial charge in [-0.1, -0.05) is 6.07 Å². The van der Waals surface area contributed by atoms with Gasteiger partial charge in [-0.25, -0.2) is 4.79 Å². The van der Waals surface area contributed by atoms with Gasteiger partial charge in [0.2, 0.25) is 5.91 Å². The molecular formula is C24H25NO7S. The number of methoxy groups -OCH3 is 3. The van der Waals surface area contributed by atoms with Crippen molar-refractivity contribution in [2.24, 2.45) is 0 Å². The van der Waals surface area contributed by atoms with E-state index < -0.39 is 5.97 Å². The SMILES string of the molecule is COc1ccc(OCCOC(=O)c2cc(OC)c(OC)cc2NC(=O)Cc2cccs2)cc1. The Hall–Kier alpha value is -3.72. The molecule has 1 N–H and O–H groups in total. The van der Waals surface area contributed by atoms with Crippen molar-refractivity contribution in [2.75, 3.05) is 39.9 Å². The highest BCUT2D eigenvalue weighted by atomic mass is 32.1. The Balaban J connectivity index is 1.66. The number of hydrogen-bond acceptors (Lipinski definition) is 8. The first-order valence-electron chi connectivity index (χ1n) is 10.1. The van der Waals surface area contributed by atoms with Gasteiger partial charge in [0.25, 0.3) is 0 Å². The molecule has 9 heteroatoms. The number of thiophene rings is 1. The van der Waals surface area contributed by atoms with Crippen molar-refractivity contribution in [2.45, 2.75) is 6.42 Å². The van der Waals surface area contributed by atoms with E-state index in [2.05, 4.69) is 5.32 Å². The largest absolute Gasteiger partial charge is 0.497 e. The highest BCUT2D eigenvalue weighted by Crippen LogP contribution is 2.34. The van der Waals surface area contributed by atoms with Gasteiger partial charge in [0.1, 0.15) is 24.7 Å². The van der Waals surface area contributed by atoms with Gasteiger partial charge in [0.15, 0.2) is 11.5 Å². The van der Waals surface area contributed by atoms with Crippen LogP contribution < -0.4 is 24.3 Å². The van der Waals surface area contributed by atoms with Crippen molar-refractivity contribution in [1.82, 2.24) is 0 Å². The van der Waals surface area contributed by atoms with E-state index >= 15 is 0 Å². The molecule has 0 aliphatic heterocycles. The molecule has 0 aliphatic carbocycles. The van der Waals surface area contributed by atoms with Gasteiger partial charge in [0, 0.05) is 17.0 Å². The number of nitrogens with one attached hydrogen (secondary N) is 1. The average molecular weight is 472 g/mol. The van der Waals surface area contributed by atoms with E-state index in [-0.39, 0.29) is 36.8 Å². The molecule has 8 nitrogen and oxygen atoms in total. The summed E-state index contributed by atoms with van der Waals surface area (Å²) in [6, 6.07) is 13.8. The minimum Gasteiger partial charge on any atom is -0.497 e. The van der Waals surface area contributed by atoms with Crippen LogP contribution in [0.4, 0.5) is 5.69 Å². The van der Waals surface area contributed by atoms with Gasteiger partial charge >= 0.3 is 5.97 Å². The number of rotatable bonds is 11. The van der Waals surface area contributed by atoms with Crippen LogP contribution in [0.25, 0.3) is 0 Å². The molecule has 174 valence electrons. The van der Waals surface area contributed by atoms with Gasteiger partial charge in [-0.2, -0.15) is 0 Å². The zero-order valence-electron chi connectivity index (χ0n) is 18.6. The summed E-state index contributed by atoms with van der Waals surface area (Å²) in [6.07, 6.45) is 0.191. The zero-order valence-corrected chi connectivity index (χ0v) is 19.4. The molecular weight excluding hydrogens is 446 g/mol. The summed E-state index contributed by atoms with van der Waals surface area (Å²) in [7, 11) is 4.52. The van der Waals surface area contributed by atoms with E-state index in [9.17, 15) is 9.59 Å². The summed E-state index contributed by atoms with van der Waals surface area (Å²) in [5.41, 5.74) is 0.423. The standard InChI is InChI=1S/C24H25NO7S/c1-28-16-6-8-17(9-7-16)31-10-11-32-24(27)19-14-21(29-2)22(30-3)15-20(19)25-23(26)13-18-5-4-12-33-18/h4-9,12,14-15H,10-11,13H2,1-3H3,(H,25,26). The number of ether oxygens (including phenoxy) is 5. The fraction of sp³-hybridized carbons (Fsp3) is 0.250. The Bertz CT molecular complexity index is 1070. The molecule has 0 saturated carbocycles. The molecule has 33 heavy (non-hydrogen) atoms. The van der Waals surface area contributed by atoms with Crippen LogP contribution >= 0.6 is 11.3 Å². The van der Waals surface area contributed by atoms with E-state index in [1.807, 2.05) is 17.5 Å². The van der Waals surface area contributed by atoms with E-state index in [0.717, 1.165) is 10.6 Å². The second-order valence-corrected chi connectivity index (χ2v) is 7.75. The third-order valence-electron chi connectivity index (χ3n) is 4.58. The molecule has 1 amide bonds. The maximum atomic E-state index is 12.8. The highest BCUT2D eigenvalue weighted by molar-refractivity contribution is 7.10. The molecule has 0 saturated heterocycles. The Labute approximate surface area is 196 Å². The molecule has 1 heterocycles. The van der Waals surface area contributed by atoms with E-state index in [4.69, 9.17) is 23.7 Å². The summed E-state index contributed by atoms with van der Waals surface area (Å²) in [5.74, 6) is 1.18. The van der Waals surface area contributed by atoms with Crippen LogP contribution in [-0.2, 0) is 16.0 Å². The van der Waals surface area contributed by atoms with Crippen molar-refractivity contribution in [1.29, 1.82) is 0 Å². The third-order valence-corrected chi connectivity index (χ3v) is 5.45. The maximum absolute atomic E-state index is 12.8. The monoisotopic (exact) mass is 471 g/mol. The Morgan fingerprint density at radius 1 is 0.879 bits per heavy atom. The summed E-state index contributed by atoms with van der Waals surface area (Å²) in [4.78, 5) is 26.2. The van der Waals surface area contributed by atoms with Gasteiger partial charge in [-0.3, -0.25) is 4.79 Å². The quantitative estimate of drug-likeness (QED) is 0.331. The summed E-state index contributed by atoms with van der Waals surface area (Å²) in [5, 5.41) is 4.67. The lowest BCUT2D eigenvalue weighted by atomic mass is 10.1. The van der Waals surface area contributed by atoms with Crippen LogP contribution in [-0.4, -0.2) is 46.4 Å². The van der Waals surface area contributed by atoms with E-state index in [1.54, 1.807) is 31.4 Å². The summed E-state index contributed by atoms with van der Waals surface area (Å²) >= 11 is 1.48. The van der Waals surface area contributed by atoms with Gasteiger partial charge in [-0.15, -0.1) is 11.3 Å². The minimum absolute atomic E-state index is 0.0157. The van der Waals surface area contributed by atoms with E-state index in [0.29, 0.717) is 17.2 Å². The average Bonchev–Trinajstić information content (AvgIpc) is 3.34. The Morgan fingerprint density at radius 3 is 2.21 bits per heavy atom. The Morgan fingerprint density at radius 2 is 1.58 bits per heavy atom. The normalized spacial score (nSPS) is 10.3. The third kappa shape index (κ3) is 6.63. The number of anilines is 1. The second-order valence-electron chi connectivity index (χ2n) is 6.72. The van der Waals surface area contributed by atoms with Crippen molar-refractivity contribution >= 4 is 28.9 Å². The smallest absolute Gasteiger partial charge is 0.340 e. The molecule has 0 aliphatic rings. The van der Waals surface area contributed by atoms with Crippen molar-refractivity contribution in [3.05, 3.63) is 64.4 Å². The number of esters is 1. The van der Waals surface area contributed by atoms with Crippen LogP contribution in [0, 0.1) is 0 Å². The van der Waals surface area contributed by atoms with Crippen LogP contribution in [0.2, 0.25) is 0 Å². The molecule has 3 rings (SSSR count). The molecule has 0 spiro atoms. The van der Waals surface area contributed by atoms with Gasteiger partial charge in [-0.05, 0) is 35.7 Å². The number of carbonyl (C=O) groups is 2. The van der Waals surface area contributed by atoms with Crippen molar-refractivity contribution < 1.29 is 33.3 Å². The molecule has 0 atom stereocenters. The molecule has 0 fully saturated rings. The van der Waals surface area contributed by atoms with Crippen LogP contribution in [0.3, 0.4) is 0 Å². The number of carbonyl (C=O) groups excluding carboxylic acids is 2. The second kappa shape index (κ2) is 11.8. The molecule has 0 bridgehead atoms. The molecule has 3 aromatic rings. The number of amides is 1. The lowest BCUT2D eigenvalue weighted by Gasteiger charge is -2.15. The fourth-order valence-electron chi connectivity index (χ4n) is 2.96. The van der Waals surface area contributed by atoms with Gasteiger partial charge in [0.05, 0.1) is 39.0 Å². The molecule has 2 aromatic carbocycles. The molecule has 0 radical (unpaired) electrons. The lowest BCUT2D eigenvalue weighted by molar-refractivity contribution is -0.115. The topological polar surface area (TPSA) is 92.3 Å². The predicted molar refractivity (Wildman–Crippen MR) is 125 cm³/mol. The fourth-order valence-corrected chi connectivity index (χ4v) is 3.66. The minimum atomic E-state index is -0.624. The van der Waals surface area contributed by atoms with Gasteiger partial charge < -0.3 is 29.0 Å². The lowest BCUT2D eigenvalue weighted by Crippen LogP contribution is -2.18. The molecule has 0 unspecified atom stereocenters. The summed E-state index contributed by atoms with van der Waals surface area (Å²) in [6.45, 7) is 0.174. The maximum Gasteiger partial charge on any atom is 0.340 e. The zero-order chi connectivity index (χ0) is 23.6. The first kappa shape index (κ1) is 23.9. The first-order chi connectivity index (χ1) is 16.0. The van der Waals surface area contributed by atoms with Crippen LogP contribution in [0.5, 0.6) is 23.0 Å². The first-order valence-corrected chi connectivity index (χ1v) is 10.9. The summed E-state index contributed by atoms with van der Waals surface area (Å²) < 4.78 is 26.7.